The van der Waals surface area contributed by atoms with E-state index in [1.807, 2.05) is 6.92 Å². The molecule has 0 unspecified atom stereocenters. The highest BCUT2D eigenvalue weighted by atomic mass is 16.5. The first-order valence-electron chi connectivity index (χ1n) is 5.24. The first-order chi connectivity index (χ1) is 7.00. The fourth-order valence-electron chi connectivity index (χ4n) is 1.50. The minimum Gasteiger partial charge on any atom is -0.462 e. The van der Waals surface area contributed by atoms with E-state index in [-0.39, 0.29) is 18.0 Å². The Morgan fingerprint density at radius 1 is 1.20 bits per heavy atom. The summed E-state index contributed by atoms with van der Waals surface area (Å²) in [6.45, 7) is 7.49. The highest BCUT2D eigenvalue weighted by Crippen LogP contribution is 2.21. The average Bonchev–Trinajstić information content (AvgIpc) is 2.17. The van der Waals surface area contributed by atoms with Crippen LogP contribution in [0.15, 0.2) is 24.3 Å². The number of ether oxygens (including phenoxy) is 1. The molecule has 0 saturated carbocycles. The van der Waals surface area contributed by atoms with Crippen molar-refractivity contribution in [2.75, 3.05) is 0 Å². The van der Waals surface area contributed by atoms with E-state index in [0.717, 1.165) is 0 Å². The second kappa shape index (κ2) is 4.96. The Hall–Kier alpha value is -1.31. The number of carbonyl (C=O) groups is 1. The quantitative estimate of drug-likeness (QED) is 0.710. The van der Waals surface area contributed by atoms with Gasteiger partial charge in [-0.1, -0.05) is 36.8 Å². The number of esters is 1. The molecule has 0 fully saturated rings. The van der Waals surface area contributed by atoms with Gasteiger partial charge >= 0.3 is 5.97 Å². The summed E-state index contributed by atoms with van der Waals surface area (Å²) in [5.74, 6) is 0.0101. The molecule has 82 valence electrons. The number of carbonyl (C=O) groups excluding carboxylic acids is 1. The Morgan fingerprint density at radius 2 is 1.73 bits per heavy atom. The largest absolute Gasteiger partial charge is 0.462 e. The van der Waals surface area contributed by atoms with Crippen molar-refractivity contribution in [3.8, 4) is 0 Å². The maximum Gasteiger partial charge on any atom is 0.302 e. The smallest absolute Gasteiger partial charge is 0.302 e. The van der Waals surface area contributed by atoms with Crippen LogP contribution in [0.5, 0.6) is 0 Å². The highest BCUT2D eigenvalue weighted by Gasteiger charge is 2.16. The van der Waals surface area contributed by atoms with Crippen LogP contribution in [0.4, 0.5) is 0 Å². The Morgan fingerprint density at radius 3 is 2.20 bits per heavy atom. The summed E-state index contributed by atoms with van der Waals surface area (Å²) in [5.41, 5.74) is 2.44. The molecule has 2 atom stereocenters. The van der Waals surface area contributed by atoms with E-state index in [1.54, 1.807) is 0 Å². The zero-order chi connectivity index (χ0) is 11.4. The van der Waals surface area contributed by atoms with E-state index in [4.69, 9.17) is 4.74 Å². The third-order valence-electron chi connectivity index (χ3n) is 2.66. The number of rotatable bonds is 3. The number of hydrogen-bond acceptors (Lipinski definition) is 2. The van der Waals surface area contributed by atoms with Crippen LogP contribution in [0.1, 0.15) is 37.8 Å². The lowest BCUT2D eigenvalue weighted by molar-refractivity contribution is -0.146. The zero-order valence-corrected chi connectivity index (χ0v) is 9.78. The Labute approximate surface area is 91.3 Å². The molecule has 0 spiro atoms. The van der Waals surface area contributed by atoms with Crippen LogP contribution < -0.4 is 0 Å². The lowest BCUT2D eigenvalue weighted by Gasteiger charge is -2.20. The topological polar surface area (TPSA) is 26.3 Å². The molecule has 1 aromatic carbocycles. The Kier molecular flexibility index (Phi) is 3.89. The molecule has 0 saturated heterocycles. The van der Waals surface area contributed by atoms with Crippen LogP contribution in [0.3, 0.4) is 0 Å². The van der Waals surface area contributed by atoms with Gasteiger partial charge in [0.1, 0.15) is 6.10 Å². The molecule has 0 amide bonds. The highest BCUT2D eigenvalue weighted by molar-refractivity contribution is 5.66. The number of hydrogen-bond donors (Lipinski definition) is 0. The normalized spacial score (nSPS) is 14.4. The zero-order valence-electron chi connectivity index (χ0n) is 9.78. The third-order valence-corrected chi connectivity index (χ3v) is 2.66. The van der Waals surface area contributed by atoms with Gasteiger partial charge in [0.05, 0.1) is 0 Å². The van der Waals surface area contributed by atoms with Gasteiger partial charge < -0.3 is 4.74 Å². The second-order valence-corrected chi connectivity index (χ2v) is 4.01. The van der Waals surface area contributed by atoms with Crippen molar-refractivity contribution < 1.29 is 9.53 Å². The summed E-state index contributed by atoms with van der Waals surface area (Å²) >= 11 is 0. The van der Waals surface area contributed by atoms with Crippen LogP contribution in [0.25, 0.3) is 0 Å². The predicted octanol–water partition coefficient (Wildman–Crippen LogP) is 3.05. The molecule has 0 aliphatic carbocycles. The fourth-order valence-corrected chi connectivity index (χ4v) is 1.50. The molecule has 0 aliphatic heterocycles. The predicted molar refractivity (Wildman–Crippen MR) is 60.8 cm³/mol. The van der Waals surface area contributed by atoms with Crippen LogP contribution in [-0.2, 0) is 9.53 Å². The van der Waals surface area contributed by atoms with Gasteiger partial charge in [-0.3, -0.25) is 4.79 Å². The van der Waals surface area contributed by atoms with Crippen molar-refractivity contribution in [2.24, 2.45) is 0 Å². The van der Waals surface area contributed by atoms with Gasteiger partial charge in [-0.15, -0.1) is 0 Å². The molecule has 1 rings (SSSR count). The molecule has 0 heterocycles. The first kappa shape index (κ1) is 11.8. The minimum absolute atomic E-state index is 0.0785. The molecular formula is C13H18O2. The molecule has 2 heteroatoms. The molecule has 0 radical (unpaired) electrons. The van der Waals surface area contributed by atoms with Gasteiger partial charge in [-0.05, 0) is 19.4 Å². The van der Waals surface area contributed by atoms with Crippen LogP contribution in [0.2, 0.25) is 0 Å². The summed E-state index contributed by atoms with van der Waals surface area (Å²) in [6.07, 6.45) is -0.0785. The van der Waals surface area contributed by atoms with Crippen molar-refractivity contribution in [3.05, 3.63) is 35.4 Å². The third kappa shape index (κ3) is 3.39. The van der Waals surface area contributed by atoms with Crippen molar-refractivity contribution >= 4 is 5.97 Å². The minimum atomic E-state index is -0.221. The fraction of sp³-hybridized carbons (Fsp3) is 0.462. The van der Waals surface area contributed by atoms with E-state index < -0.39 is 0 Å². The molecule has 0 N–H and O–H groups in total. The molecule has 0 aromatic heterocycles. The summed E-state index contributed by atoms with van der Waals surface area (Å²) in [7, 11) is 0. The van der Waals surface area contributed by atoms with Crippen molar-refractivity contribution in [1.82, 2.24) is 0 Å². The van der Waals surface area contributed by atoms with Gasteiger partial charge in [-0.2, -0.15) is 0 Å². The Balaban J connectivity index is 2.71. The van der Waals surface area contributed by atoms with Crippen molar-refractivity contribution in [2.45, 2.75) is 39.7 Å². The average molecular weight is 206 g/mol. The molecular weight excluding hydrogens is 188 g/mol. The lowest BCUT2D eigenvalue weighted by atomic mass is 9.95. The van der Waals surface area contributed by atoms with Gasteiger partial charge in [0, 0.05) is 12.8 Å². The van der Waals surface area contributed by atoms with E-state index >= 15 is 0 Å². The molecule has 15 heavy (non-hydrogen) atoms. The van der Waals surface area contributed by atoms with Gasteiger partial charge in [0.25, 0.3) is 0 Å². The second-order valence-electron chi connectivity index (χ2n) is 4.01. The Bertz CT molecular complexity index is 327. The molecule has 1 aromatic rings. The van der Waals surface area contributed by atoms with E-state index in [0.29, 0.717) is 0 Å². The first-order valence-corrected chi connectivity index (χ1v) is 5.24. The van der Waals surface area contributed by atoms with E-state index in [2.05, 4.69) is 38.1 Å². The van der Waals surface area contributed by atoms with Crippen LogP contribution >= 0.6 is 0 Å². The van der Waals surface area contributed by atoms with Crippen LogP contribution in [-0.4, -0.2) is 12.1 Å². The van der Waals surface area contributed by atoms with Gasteiger partial charge in [-0.25, -0.2) is 0 Å². The number of benzene rings is 1. The SMILES string of the molecule is CC(=O)O[C@H](C)[C@@H](C)c1ccc(C)cc1. The maximum absolute atomic E-state index is 10.8. The van der Waals surface area contributed by atoms with Gasteiger partial charge in [0.2, 0.25) is 0 Å². The number of aryl methyl sites for hydroxylation is 1. The standard InChI is InChI=1S/C13H18O2/c1-9-5-7-13(8-6-9)10(2)11(3)15-12(4)14/h5-8,10-11H,1-4H3/t10-,11-/m1/s1. The maximum atomic E-state index is 10.8. The van der Waals surface area contributed by atoms with Gasteiger partial charge in [0.15, 0.2) is 0 Å². The van der Waals surface area contributed by atoms with Crippen molar-refractivity contribution in [3.63, 3.8) is 0 Å². The molecule has 0 aliphatic rings. The summed E-state index contributed by atoms with van der Waals surface area (Å²) < 4.78 is 5.16. The molecule has 2 nitrogen and oxygen atoms in total. The van der Waals surface area contributed by atoms with E-state index in [9.17, 15) is 4.79 Å². The summed E-state index contributed by atoms with van der Waals surface area (Å²) in [6, 6.07) is 8.32. The van der Waals surface area contributed by atoms with Crippen molar-refractivity contribution in [1.29, 1.82) is 0 Å². The molecule has 0 bridgehead atoms. The van der Waals surface area contributed by atoms with Crippen LogP contribution in [0, 0.1) is 6.92 Å². The lowest BCUT2D eigenvalue weighted by Crippen LogP contribution is -2.19. The monoisotopic (exact) mass is 206 g/mol. The summed E-state index contributed by atoms with van der Waals surface area (Å²) in [4.78, 5) is 10.8. The van der Waals surface area contributed by atoms with E-state index in [1.165, 1.54) is 18.1 Å². The summed E-state index contributed by atoms with van der Waals surface area (Å²) in [5, 5.41) is 0.